The Balaban J connectivity index is 2.64. The Labute approximate surface area is 121 Å². The molecule has 1 rings (SSSR count). The van der Waals surface area contributed by atoms with E-state index in [0.29, 0.717) is 18.7 Å². The maximum Gasteiger partial charge on any atom is 0.416 e. The van der Waals surface area contributed by atoms with Crippen molar-refractivity contribution in [1.29, 1.82) is 5.26 Å². The Morgan fingerprint density at radius 2 is 1.95 bits per heavy atom. The summed E-state index contributed by atoms with van der Waals surface area (Å²) in [6.45, 7) is 2.11. The Morgan fingerprint density at radius 3 is 2.43 bits per heavy atom. The van der Waals surface area contributed by atoms with Crippen LogP contribution in [-0.4, -0.2) is 30.4 Å². The number of rotatable bonds is 5. The zero-order valence-electron chi connectivity index (χ0n) is 11.7. The SMILES string of the molecule is CC(C(=O)Nc1ccc(C(F)(F)F)cc1)N(C)CCC#N. The van der Waals surface area contributed by atoms with Crippen LogP contribution >= 0.6 is 0 Å². The number of likely N-dealkylation sites (N-methyl/N-ethyl adjacent to an activating group) is 1. The second-order valence-electron chi connectivity index (χ2n) is 4.63. The number of alkyl halides is 3. The number of hydrogen-bond donors (Lipinski definition) is 1. The van der Waals surface area contributed by atoms with Gasteiger partial charge in [-0.15, -0.1) is 0 Å². The van der Waals surface area contributed by atoms with Crippen molar-refractivity contribution in [1.82, 2.24) is 4.90 Å². The van der Waals surface area contributed by atoms with Crippen LogP contribution in [-0.2, 0) is 11.0 Å². The molecule has 0 bridgehead atoms. The molecule has 0 saturated heterocycles. The fourth-order valence-electron chi connectivity index (χ4n) is 1.61. The van der Waals surface area contributed by atoms with Gasteiger partial charge >= 0.3 is 6.18 Å². The first kappa shape index (κ1) is 17.0. The van der Waals surface area contributed by atoms with Gasteiger partial charge in [0.2, 0.25) is 5.91 Å². The van der Waals surface area contributed by atoms with E-state index in [1.807, 2.05) is 6.07 Å². The summed E-state index contributed by atoms with van der Waals surface area (Å²) in [6, 6.07) is 5.75. The molecule has 1 amide bonds. The van der Waals surface area contributed by atoms with Gasteiger partial charge in [-0.25, -0.2) is 0 Å². The van der Waals surface area contributed by atoms with Crippen LogP contribution in [0.15, 0.2) is 24.3 Å². The molecular formula is C14H16F3N3O. The van der Waals surface area contributed by atoms with Crippen molar-refractivity contribution in [3.8, 4) is 6.07 Å². The summed E-state index contributed by atoms with van der Waals surface area (Å²) >= 11 is 0. The van der Waals surface area contributed by atoms with Crippen molar-refractivity contribution in [2.75, 3.05) is 18.9 Å². The zero-order chi connectivity index (χ0) is 16.0. The lowest BCUT2D eigenvalue weighted by Gasteiger charge is -2.22. The van der Waals surface area contributed by atoms with Crippen LogP contribution in [0.3, 0.4) is 0 Å². The van der Waals surface area contributed by atoms with Gasteiger partial charge in [0.05, 0.1) is 17.7 Å². The van der Waals surface area contributed by atoms with Crippen LogP contribution in [0.2, 0.25) is 0 Å². The van der Waals surface area contributed by atoms with Crippen molar-refractivity contribution in [2.45, 2.75) is 25.6 Å². The van der Waals surface area contributed by atoms with E-state index in [0.717, 1.165) is 12.1 Å². The zero-order valence-corrected chi connectivity index (χ0v) is 11.7. The lowest BCUT2D eigenvalue weighted by molar-refractivity contribution is -0.137. The van der Waals surface area contributed by atoms with E-state index in [4.69, 9.17) is 5.26 Å². The standard InChI is InChI=1S/C14H16F3N3O/c1-10(20(2)9-3-8-18)13(21)19-12-6-4-11(5-7-12)14(15,16)17/h4-7,10H,3,9H2,1-2H3,(H,19,21). The Morgan fingerprint density at radius 1 is 1.38 bits per heavy atom. The molecule has 0 aliphatic rings. The molecule has 1 aromatic carbocycles. The third-order valence-corrected chi connectivity index (χ3v) is 3.10. The summed E-state index contributed by atoms with van der Waals surface area (Å²) in [4.78, 5) is 13.6. The predicted octanol–water partition coefficient (Wildman–Crippen LogP) is 2.88. The van der Waals surface area contributed by atoms with Gasteiger partial charge in [0.25, 0.3) is 0 Å². The Hall–Kier alpha value is -2.07. The molecule has 0 aliphatic heterocycles. The molecule has 1 atom stereocenters. The van der Waals surface area contributed by atoms with E-state index in [9.17, 15) is 18.0 Å². The number of nitriles is 1. The molecule has 0 heterocycles. The number of nitrogens with one attached hydrogen (secondary N) is 1. The minimum atomic E-state index is -4.40. The van der Waals surface area contributed by atoms with Gasteiger partial charge in [0.1, 0.15) is 0 Å². The first-order valence-electron chi connectivity index (χ1n) is 6.31. The van der Waals surface area contributed by atoms with E-state index < -0.39 is 17.8 Å². The van der Waals surface area contributed by atoms with E-state index in [2.05, 4.69) is 5.32 Å². The molecule has 1 aromatic rings. The minimum absolute atomic E-state index is 0.300. The van der Waals surface area contributed by atoms with Crippen molar-refractivity contribution in [3.05, 3.63) is 29.8 Å². The average Bonchev–Trinajstić information content (AvgIpc) is 2.43. The summed E-state index contributed by atoms with van der Waals surface area (Å²) in [5, 5.41) is 11.0. The molecule has 0 spiro atoms. The topological polar surface area (TPSA) is 56.1 Å². The summed E-state index contributed by atoms with van der Waals surface area (Å²) in [5.41, 5.74) is -0.465. The van der Waals surface area contributed by atoms with Crippen molar-refractivity contribution in [2.24, 2.45) is 0 Å². The first-order chi connectivity index (χ1) is 9.75. The molecular weight excluding hydrogens is 283 g/mol. The largest absolute Gasteiger partial charge is 0.416 e. The fraction of sp³-hybridized carbons (Fsp3) is 0.429. The number of carbonyl (C=O) groups is 1. The number of benzene rings is 1. The van der Waals surface area contributed by atoms with Gasteiger partial charge in [-0.2, -0.15) is 18.4 Å². The molecule has 1 N–H and O–H groups in total. The molecule has 4 nitrogen and oxygen atoms in total. The van der Waals surface area contributed by atoms with Crippen molar-refractivity contribution >= 4 is 11.6 Å². The highest BCUT2D eigenvalue weighted by atomic mass is 19.4. The Bertz CT molecular complexity index is 520. The molecule has 0 fully saturated rings. The molecule has 0 radical (unpaired) electrons. The van der Waals surface area contributed by atoms with Crippen LogP contribution in [0.4, 0.5) is 18.9 Å². The maximum atomic E-state index is 12.4. The molecule has 114 valence electrons. The van der Waals surface area contributed by atoms with Crippen molar-refractivity contribution in [3.63, 3.8) is 0 Å². The van der Waals surface area contributed by atoms with Gasteiger partial charge in [-0.1, -0.05) is 0 Å². The maximum absolute atomic E-state index is 12.4. The van der Waals surface area contributed by atoms with Gasteiger partial charge in [-0.05, 0) is 38.2 Å². The van der Waals surface area contributed by atoms with Crippen molar-refractivity contribution < 1.29 is 18.0 Å². The molecule has 21 heavy (non-hydrogen) atoms. The summed E-state index contributed by atoms with van der Waals surface area (Å²) in [7, 11) is 1.70. The van der Waals surface area contributed by atoms with Crippen LogP contribution in [0.1, 0.15) is 18.9 Å². The van der Waals surface area contributed by atoms with Crippen LogP contribution in [0, 0.1) is 11.3 Å². The summed E-state index contributed by atoms with van der Waals surface area (Å²) in [5.74, 6) is -0.338. The first-order valence-corrected chi connectivity index (χ1v) is 6.31. The second-order valence-corrected chi connectivity index (χ2v) is 4.63. The fourth-order valence-corrected chi connectivity index (χ4v) is 1.61. The number of hydrogen-bond acceptors (Lipinski definition) is 3. The summed E-state index contributed by atoms with van der Waals surface area (Å²) < 4.78 is 37.2. The third-order valence-electron chi connectivity index (χ3n) is 3.10. The average molecular weight is 299 g/mol. The van der Waals surface area contributed by atoms with Crippen LogP contribution < -0.4 is 5.32 Å². The normalized spacial score (nSPS) is 12.8. The monoisotopic (exact) mass is 299 g/mol. The minimum Gasteiger partial charge on any atom is -0.325 e. The predicted molar refractivity (Wildman–Crippen MR) is 72.4 cm³/mol. The highest BCUT2D eigenvalue weighted by molar-refractivity contribution is 5.94. The van der Waals surface area contributed by atoms with Crippen LogP contribution in [0.5, 0.6) is 0 Å². The smallest absolute Gasteiger partial charge is 0.325 e. The van der Waals surface area contributed by atoms with Gasteiger partial charge in [0.15, 0.2) is 0 Å². The quantitative estimate of drug-likeness (QED) is 0.909. The molecule has 0 saturated carbocycles. The van der Waals surface area contributed by atoms with Gasteiger partial charge < -0.3 is 5.32 Å². The van der Waals surface area contributed by atoms with E-state index in [1.54, 1.807) is 18.9 Å². The molecule has 1 unspecified atom stereocenters. The van der Waals surface area contributed by atoms with E-state index in [-0.39, 0.29) is 5.91 Å². The number of nitrogens with zero attached hydrogens (tertiary/aromatic N) is 2. The number of amides is 1. The van der Waals surface area contributed by atoms with Crippen LogP contribution in [0.25, 0.3) is 0 Å². The highest BCUT2D eigenvalue weighted by Crippen LogP contribution is 2.29. The highest BCUT2D eigenvalue weighted by Gasteiger charge is 2.30. The number of halogens is 3. The lowest BCUT2D eigenvalue weighted by Crippen LogP contribution is -2.40. The van der Waals surface area contributed by atoms with E-state index >= 15 is 0 Å². The van der Waals surface area contributed by atoms with Gasteiger partial charge in [-0.3, -0.25) is 9.69 Å². The second kappa shape index (κ2) is 7.09. The van der Waals surface area contributed by atoms with Gasteiger partial charge in [0, 0.05) is 18.7 Å². The lowest BCUT2D eigenvalue weighted by atomic mass is 10.2. The van der Waals surface area contributed by atoms with E-state index in [1.165, 1.54) is 12.1 Å². The summed E-state index contributed by atoms with van der Waals surface area (Å²) in [6.07, 6.45) is -4.10. The number of carbonyl (C=O) groups excluding carboxylic acids is 1. The third kappa shape index (κ3) is 5.08. The molecule has 0 aromatic heterocycles. The Kier molecular flexibility index (Phi) is 5.73. The molecule has 0 aliphatic carbocycles. The number of anilines is 1. The molecule has 7 heteroatoms.